The van der Waals surface area contributed by atoms with Crippen LogP contribution in [0, 0.1) is 6.92 Å². The highest BCUT2D eigenvalue weighted by Crippen LogP contribution is 2.26. The predicted octanol–water partition coefficient (Wildman–Crippen LogP) is 3.19. The lowest BCUT2D eigenvalue weighted by molar-refractivity contribution is -0.193. The Balaban J connectivity index is 0.000000440. The van der Waals surface area contributed by atoms with Crippen LogP contribution in [-0.4, -0.2) is 86.6 Å². The molecule has 12 nitrogen and oxygen atoms in total. The van der Waals surface area contributed by atoms with Gasteiger partial charge in [0, 0.05) is 55.7 Å². The number of carboxylic acids is 2. The Bertz CT molecular complexity index is 1570. The van der Waals surface area contributed by atoms with Crippen molar-refractivity contribution in [3.05, 3.63) is 70.6 Å². The number of anilines is 1. The van der Waals surface area contributed by atoms with E-state index in [4.69, 9.17) is 25.5 Å². The van der Waals surface area contributed by atoms with Crippen LogP contribution < -0.4 is 21.6 Å². The van der Waals surface area contributed by atoms with E-state index in [0.717, 1.165) is 53.2 Å². The molecule has 1 aliphatic rings. The number of aromatic nitrogens is 4. The molecular formula is C26H27F8N7O5. The van der Waals surface area contributed by atoms with Crippen molar-refractivity contribution in [1.29, 1.82) is 0 Å². The zero-order valence-electron chi connectivity index (χ0n) is 23.7. The monoisotopic (exact) mass is 669 g/mol. The Morgan fingerprint density at radius 1 is 0.978 bits per heavy atom. The van der Waals surface area contributed by atoms with E-state index < -0.39 is 36.1 Å². The van der Waals surface area contributed by atoms with Crippen molar-refractivity contribution in [3.8, 4) is 16.9 Å². The molecule has 1 aromatic carbocycles. The van der Waals surface area contributed by atoms with Gasteiger partial charge in [0.25, 0.3) is 6.08 Å². The van der Waals surface area contributed by atoms with E-state index in [0.29, 0.717) is 5.82 Å². The number of benzene rings is 1. The number of nitrogens with one attached hydrogen (secondary N) is 1. The van der Waals surface area contributed by atoms with E-state index in [2.05, 4.69) is 32.4 Å². The Hall–Kier alpha value is -4.85. The number of alkyl halides is 6. The van der Waals surface area contributed by atoms with Gasteiger partial charge in [-0.2, -0.15) is 40.2 Å². The first-order valence-electron chi connectivity index (χ1n) is 12.9. The lowest BCUT2D eigenvalue weighted by atomic mass is 10.0. The molecule has 3 heterocycles. The third kappa shape index (κ3) is 10.6. The smallest absolute Gasteiger partial charge is 0.475 e. The van der Waals surface area contributed by atoms with Crippen molar-refractivity contribution < 1.29 is 54.9 Å². The van der Waals surface area contributed by atoms with Crippen LogP contribution in [0.4, 0.5) is 40.8 Å². The first kappa shape index (κ1) is 37.3. The minimum absolute atomic E-state index is 0.332. The molecule has 0 bridgehead atoms. The van der Waals surface area contributed by atoms with E-state index in [9.17, 15) is 39.9 Å². The lowest BCUT2D eigenvalue weighted by Gasteiger charge is -2.29. The van der Waals surface area contributed by atoms with E-state index in [1.165, 1.54) is 10.9 Å². The molecule has 0 spiro atoms. The molecular weight excluding hydrogens is 642 g/mol. The summed E-state index contributed by atoms with van der Waals surface area (Å²) in [6.07, 6.45) is -9.07. The zero-order chi connectivity index (χ0) is 34.8. The van der Waals surface area contributed by atoms with Crippen LogP contribution >= 0.6 is 0 Å². The Labute approximate surface area is 254 Å². The fraction of sp³-hybridized carbons (Fsp3) is 0.346. The van der Waals surface area contributed by atoms with Gasteiger partial charge in [-0.3, -0.25) is 0 Å². The molecule has 0 unspecified atom stereocenters. The molecule has 3 aromatic rings. The maximum absolute atomic E-state index is 12.9. The molecule has 0 amide bonds. The highest BCUT2D eigenvalue weighted by Gasteiger charge is 2.38. The maximum Gasteiger partial charge on any atom is 0.490 e. The largest absolute Gasteiger partial charge is 0.490 e. The van der Waals surface area contributed by atoms with E-state index >= 15 is 0 Å². The molecule has 1 fully saturated rings. The van der Waals surface area contributed by atoms with Gasteiger partial charge in [0.15, 0.2) is 0 Å². The van der Waals surface area contributed by atoms with Crippen LogP contribution in [0.25, 0.3) is 16.9 Å². The summed E-state index contributed by atoms with van der Waals surface area (Å²) in [5.41, 5.74) is 8.33. The summed E-state index contributed by atoms with van der Waals surface area (Å²) in [6, 6.07) is 10.2. The number of halogens is 8. The average Bonchev–Trinajstić information content (AvgIpc) is 3.35. The van der Waals surface area contributed by atoms with Crippen molar-refractivity contribution in [2.24, 2.45) is 5.73 Å². The van der Waals surface area contributed by atoms with Crippen LogP contribution in [0.5, 0.6) is 0 Å². The Kier molecular flexibility index (Phi) is 12.9. The summed E-state index contributed by atoms with van der Waals surface area (Å²) in [7, 11) is 0. The molecule has 252 valence electrons. The number of rotatable bonds is 6. The minimum Gasteiger partial charge on any atom is -0.475 e. The highest BCUT2D eigenvalue weighted by molar-refractivity contribution is 5.73. The molecule has 1 saturated heterocycles. The Morgan fingerprint density at radius 2 is 1.54 bits per heavy atom. The average molecular weight is 670 g/mol. The number of piperazine rings is 1. The van der Waals surface area contributed by atoms with Gasteiger partial charge in [-0.25, -0.2) is 28.6 Å². The van der Waals surface area contributed by atoms with Crippen LogP contribution in [0.3, 0.4) is 0 Å². The molecule has 0 atom stereocenters. The summed E-state index contributed by atoms with van der Waals surface area (Å²) in [5, 5.41) is 21.5. The summed E-state index contributed by atoms with van der Waals surface area (Å²) in [4.78, 5) is 37.3. The van der Waals surface area contributed by atoms with Crippen molar-refractivity contribution in [1.82, 2.24) is 24.6 Å². The normalized spacial score (nSPS) is 13.1. The number of aryl methyl sites for hydroxylation is 1. The molecule has 20 heteroatoms. The van der Waals surface area contributed by atoms with E-state index in [1.807, 2.05) is 25.1 Å². The Morgan fingerprint density at radius 3 is 2.02 bits per heavy atom. The highest BCUT2D eigenvalue weighted by atomic mass is 19.4. The van der Waals surface area contributed by atoms with Crippen LogP contribution in [-0.2, 0) is 16.1 Å². The maximum atomic E-state index is 12.9. The van der Waals surface area contributed by atoms with Gasteiger partial charge in [0.1, 0.15) is 12.1 Å². The summed E-state index contributed by atoms with van der Waals surface area (Å²) in [5.74, 6) is -5.11. The number of carboxylic acid groups (broad SMARTS) is 2. The predicted molar refractivity (Wildman–Crippen MR) is 147 cm³/mol. The lowest BCUT2D eigenvalue weighted by Crippen LogP contribution is -2.43. The van der Waals surface area contributed by atoms with E-state index in [1.54, 1.807) is 6.20 Å². The molecule has 2 aromatic heterocycles. The number of pyridine rings is 1. The molecule has 0 saturated carbocycles. The number of aliphatic carboxylic acids is 2. The third-order valence-electron chi connectivity index (χ3n) is 6.01. The summed E-state index contributed by atoms with van der Waals surface area (Å²) >= 11 is 0. The fourth-order valence-electron chi connectivity index (χ4n) is 3.76. The first-order chi connectivity index (χ1) is 21.4. The number of nitrogens with zero attached hydrogens (tertiary/aromatic N) is 5. The number of hydrogen-bond acceptors (Lipinski definition) is 8. The third-order valence-corrected chi connectivity index (χ3v) is 6.01. The van der Waals surface area contributed by atoms with Gasteiger partial charge in [0.2, 0.25) is 0 Å². The molecule has 5 N–H and O–H groups in total. The summed E-state index contributed by atoms with van der Waals surface area (Å²) < 4.78 is 91.5. The van der Waals surface area contributed by atoms with Crippen molar-refractivity contribution in [2.75, 3.05) is 37.6 Å². The minimum atomic E-state index is -5.08. The number of nitrogens with two attached hydrogens (primary N) is 1. The SMILES string of the molecule is Cc1cc(-c2cccc(N3CCNCC3)c2)cnc1-n1cnn(CC(CN)=C(F)F)c1=O.O=C(O)C(F)(F)F.O=C(O)C(F)(F)F. The topological polar surface area (TPSA) is 169 Å². The quantitative estimate of drug-likeness (QED) is 0.286. The standard InChI is InChI=1S/C22H25F2N7O.2C2HF3O2/c1-15-9-17(16-3-2-4-19(10-16)29-7-5-26-6-8-29)12-27-21(15)30-14-28-31(22(30)32)13-18(11-25)20(23)24;2*3-2(4,5)1(6)7/h2-4,9-10,12,14,26H,5-8,11,13,25H2,1H3;2*(H,6,7). The first-order valence-corrected chi connectivity index (χ1v) is 12.9. The second-order valence-corrected chi connectivity index (χ2v) is 9.27. The van der Waals surface area contributed by atoms with Crippen LogP contribution in [0.1, 0.15) is 5.56 Å². The van der Waals surface area contributed by atoms with E-state index in [-0.39, 0.29) is 18.7 Å². The van der Waals surface area contributed by atoms with Crippen molar-refractivity contribution in [2.45, 2.75) is 25.8 Å². The second-order valence-electron chi connectivity index (χ2n) is 9.27. The molecule has 0 radical (unpaired) electrons. The number of carbonyl (C=O) groups is 2. The van der Waals surface area contributed by atoms with Crippen molar-refractivity contribution in [3.63, 3.8) is 0 Å². The molecule has 0 aliphatic carbocycles. The van der Waals surface area contributed by atoms with Crippen LogP contribution in [0.2, 0.25) is 0 Å². The van der Waals surface area contributed by atoms with Crippen LogP contribution in [0.15, 0.2) is 59.3 Å². The zero-order valence-corrected chi connectivity index (χ0v) is 23.7. The second kappa shape index (κ2) is 15.9. The van der Waals surface area contributed by atoms with Gasteiger partial charge in [-0.15, -0.1) is 0 Å². The van der Waals surface area contributed by atoms with Crippen molar-refractivity contribution >= 4 is 17.6 Å². The molecule has 46 heavy (non-hydrogen) atoms. The molecule has 4 rings (SSSR count). The fourth-order valence-corrected chi connectivity index (χ4v) is 3.76. The van der Waals surface area contributed by atoms with Gasteiger partial charge in [0.05, 0.1) is 6.54 Å². The number of hydrogen-bond donors (Lipinski definition) is 4. The molecule has 1 aliphatic heterocycles. The van der Waals surface area contributed by atoms with Gasteiger partial charge in [-0.05, 0) is 36.2 Å². The van der Waals surface area contributed by atoms with Gasteiger partial charge < -0.3 is 26.2 Å². The van der Waals surface area contributed by atoms with Gasteiger partial charge in [-0.1, -0.05) is 12.1 Å². The van der Waals surface area contributed by atoms with Gasteiger partial charge >= 0.3 is 30.0 Å². The summed E-state index contributed by atoms with van der Waals surface area (Å²) in [6.45, 7) is 4.98.